The minimum absolute atomic E-state index is 0.198. The van der Waals surface area contributed by atoms with Crippen LogP contribution in [0, 0.1) is 0 Å². The third-order valence-electron chi connectivity index (χ3n) is 4.20. The summed E-state index contributed by atoms with van der Waals surface area (Å²) in [6.07, 6.45) is 4.10. The van der Waals surface area contributed by atoms with Crippen molar-refractivity contribution in [2.24, 2.45) is 0 Å². The number of nitrogens with zero attached hydrogens (tertiary/aromatic N) is 3. The molecule has 2 heterocycles. The predicted molar refractivity (Wildman–Crippen MR) is 100 cm³/mol. The number of aromatic carboxylic acids is 1. The summed E-state index contributed by atoms with van der Waals surface area (Å²) in [6.45, 7) is 0.687. The van der Waals surface area contributed by atoms with Crippen LogP contribution in [0.15, 0.2) is 60.9 Å². The highest BCUT2D eigenvalue weighted by Gasteiger charge is 2.12. The maximum atomic E-state index is 11.3. The molecule has 2 aromatic carbocycles. The molecule has 128 valence electrons. The first-order valence-electron chi connectivity index (χ1n) is 8.28. The van der Waals surface area contributed by atoms with E-state index in [1.165, 1.54) is 5.56 Å². The number of anilines is 1. The Morgan fingerprint density at radius 1 is 1.00 bits per heavy atom. The van der Waals surface area contributed by atoms with Crippen molar-refractivity contribution in [3.63, 3.8) is 0 Å². The summed E-state index contributed by atoms with van der Waals surface area (Å²) in [6, 6.07) is 15.0. The van der Waals surface area contributed by atoms with E-state index in [4.69, 9.17) is 0 Å². The quantitative estimate of drug-likeness (QED) is 0.539. The fourth-order valence-corrected chi connectivity index (χ4v) is 2.93. The lowest BCUT2D eigenvalue weighted by Gasteiger charge is -2.10. The van der Waals surface area contributed by atoms with Crippen molar-refractivity contribution in [1.82, 2.24) is 15.0 Å². The average Bonchev–Trinajstić information content (AvgIpc) is 2.68. The van der Waals surface area contributed by atoms with E-state index in [9.17, 15) is 9.90 Å². The van der Waals surface area contributed by atoms with E-state index >= 15 is 0 Å². The van der Waals surface area contributed by atoms with Gasteiger partial charge in [0.25, 0.3) is 0 Å². The van der Waals surface area contributed by atoms with Gasteiger partial charge in [0.2, 0.25) is 0 Å². The number of fused-ring (bicyclic) bond motifs is 3. The van der Waals surface area contributed by atoms with Gasteiger partial charge < -0.3 is 10.4 Å². The third kappa shape index (κ3) is 3.04. The zero-order chi connectivity index (χ0) is 17.9. The van der Waals surface area contributed by atoms with Crippen molar-refractivity contribution in [3.05, 3.63) is 72.1 Å². The van der Waals surface area contributed by atoms with Crippen LogP contribution in [0.25, 0.3) is 21.9 Å². The zero-order valence-electron chi connectivity index (χ0n) is 13.9. The summed E-state index contributed by atoms with van der Waals surface area (Å²) in [5, 5.41) is 13.3. The molecule has 0 aliphatic rings. The second kappa shape index (κ2) is 6.76. The van der Waals surface area contributed by atoms with Gasteiger partial charge in [-0.1, -0.05) is 30.3 Å². The number of pyridine rings is 1. The molecule has 0 atom stereocenters. The van der Waals surface area contributed by atoms with Crippen LogP contribution >= 0.6 is 0 Å². The Bertz CT molecular complexity index is 1100. The lowest BCUT2D eigenvalue weighted by Crippen LogP contribution is -2.08. The molecule has 2 aromatic heterocycles. The van der Waals surface area contributed by atoms with E-state index in [-0.39, 0.29) is 5.56 Å². The monoisotopic (exact) mass is 344 g/mol. The van der Waals surface area contributed by atoms with Crippen LogP contribution in [0.3, 0.4) is 0 Å². The van der Waals surface area contributed by atoms with Crippen LogP contribution in [-0.2, 0) is 6.42 Å². The number of aromatic nitrogens is 3. The molecule has 0 aliphatic heterocycles. The van der Waals surface area contributed by atoms with Crippen molar-refractivity contribution in [3.8, 4) is 0 Å². The molecule has 4 aromatic rings. The molecule has 26 heavy (non-hydrogen) atoms. The summed E-state index contributed by atoms with van der Waals surface area (Å²) in [5.74, 6) is -0.370. The maximum Gasteiger partial charge on any atom is 0.335 e. The molecule has 0 fully saturated rings. The smallest absolute Gasteiger partial charge is 0.335 e. The molecule has 0 saturated carbocycles. The maximum absolute atomic E-state index is 11.3. The summed E-state index contributed by atoms with van der Waals surface area (Å²) >= 11 is 0. The SMILES string of the molecule is O=C(O)c1ccc2c(c1)nc(NCCc1ccccc1)c1nccnc12. The van der Waals surface area contributed by atoms with Gasteiger partial charge in [0.15, 0.2) is 5.82 Å². The fourth-order valence-electron chi connectivity index (χ4n) is 2.93. The Morgan fingerprint density at radius 2 is 1.77 bits per heavy atom. The predicted octanol–water partition coefficient (Wildman–Crippen LogP) is 3.53. The third-order valence-corrected chi connectivity index (χ3v) is 4.20. The van der Waals surface area contributed by atoms with Crippen LogP contribution < -0.4 is 5.32 Å². The Kier molecular flexibility index (Phi) is 4.15. The highest BCUT2D eigenvalue weighted by Crippen LogP contribution is 2.26. The second-order valence-electron chi connectivity index (χ2n) is 5.91. The minimum atomic E-state index is -0.980. The molecule has 4 rings (SSSR count). The first-order valence-corrected chi connectivity index (χ1v) is 8.28. The van der Waals surface area contributed by atoms with E-state index in [2.05, 4.69) is 32.4 Å². The first kappa shape index (κ1) is 16.0. The summed E-state index contributed by atoms with van der Waals surface area (Å²) < 4.78 is 0. The average molecular weight is 344 g/mol. The number of carboxylic acids is 1. The number of nitrogens with one attached hydrogen (secondary N) is 1. The van der Waals surface area contributed by atoms with Crippen LogP contribution in [-0.4, -0.2) is 32.6 Å². The van der Waals surface area contributed by atoms with E-state index < -0.39 is 5.97 Å². The van der Waals surface area contributed by atoms with Crippen LogP contribution in [0.2, 0.25) is 0 Å². The summed E-state index contributed by atoms with van der Waals surface area (Å²) in [7, 11) is 0. The number of benzene rings is 2. The van der Waals surface area contributed by atoms with Gasteiger partial charge in [-0.2, -0.15) is 0 Å². The molecule has 6 heteroatoms. The van der Waals surface area contributed by atoms with Gasteiger partial charge in [-0.25, -0.2) is 14.8 Å². The van der Waals surface area contributed by atoms with Gasteiger partial charge in [-0.05, 0) is 30.2 Å². The lowest BCUT2D eigenvalue weighted by molar-refractivity contribution is 0.0697. The lowest BCUT2D eigenvalue weighted by atomic mass is 10.1. The summed E-state index contributed by atoms with van der Waals surface area (Å²) in [5.41, 5.74) is 3.39. The van der Waals surface area contributed by atoms with E-state index in [0.717, 1.165) is 11.8 Å². The molecule has 0 radical (unpaired) electrons. The molecule has 6 nitrogen and oxygen atoms in total. The van der Waals surface area contributed by atoms with Crippen LogP contribution in [0.4, 0.5) is 5.82 Å². The first-order chi connectivity index (χ1) is 12.7. The molecule has 0 saturated heterocycles. The second-order valence-corrected chi connectivity index (χ2v) is 5.91. The van der Waals surface area contributed by atoms with Crippen molar-refractivity contribution >= 4 is 33.7 Å². The number of hydrogen-bond acceptors (Lipinski definition) is 5. The molecule has 0 aliphatic carbocycles. The largest absolute Gasteiger partial charge is 0.478 e. The van der Waals surface area contributed by atoms with Gasteiger partial charge in [-0.3, -0.25) is 4.98 Å². The number of hydrogen-bond donors (Lipinski definition) is 2. The van der Waals surface area contributed by atoms with E-state index in [1.54, 1.807) is 30.6 Å². The molecular formula is C20H16N4O2. The van der Waals surface area contributed by atoms with Crippen molar-refractivity contribution in [1.29, 1.82) is 0 Å². The number of rotatable bonds is 5. The molecule has 0 bridgehead atoms. The van der Waals surface area contributed by atoms with Gasteiger partial charge in [0.05, 0.1) is 11.1 Å². The standard InChI is InChI=1S/C20H16N4O2/c25-20(26)14-6-7-15-16(12-14)24-19(18-17(15)21-10-11-22-18)23-9-8-13-4-2-1-3-5-13/h1-7,10-12H,8-9H2,(H,23,24)(H,25,26). The Balaban J connectivity index is 1.72. The molecule has 0 unspecified atom stereocenters. The van der Waals surface area contributed by atoms with Crippen molar-refractivity contribution < 1.29 is 9.90 Å². The van der Waals surface area contributed by atoms with E-state index in [1.807, 2.05) is 18.2 Å². The fraction of sp³-hybridized carbons (Fsp3) is 0.100. The Morgan fingerprint density at radius 3 is 2.54 bits per heavy atom. The Hall–Kier alpha value is -3.54. The van der Waals surface area contributed by atoms with Crippen molar-refractivity contribution in [2.45, 2.75) is 6.42 Å². The van der Waals surface area contributed by atoms with Gasteiger partial charge in [-0.15, -0.1) is 0 Å². The van der Waals surface area contributed by atoms with E-state index in [0.29, 0.717) is 28.9 Å². The minimum Gasteiger partial charge on any atom is -0.478 e. The molecule has 0 amide bonds. The van der Waals surface area contributed by atoms with Gasteiger partial charge in [0, 0.05) is 24.3 Å². The number of carboxylic acid groups (broad SMARTS) is 1. The van der Waals surface area contributed by atoms with Crippen LogP contribution in [0.1, 0.15) is 15.9 Å². The zero-order valence-corrected chi connectivity index (χ0v) is 13.9. The van der Waals surface area contributed by atoms with Crippen molar-refractivity contribution in [2.75, 3.05) is 11.9 Å². The normalized spacial score (nSPS) is 10.9. The highest BCUT2D eigenvalue weighted by molar-refractivity contribution is 6.07. The number of carbonyl (C=O) groups is 1. The molecule has 0 spiro atoms. The molecule has 2 N–H and O–H groups in total. The highest BCUT2D eigenvalue weighted by atomic mass is 16.4. The van der Waals surface area contributed by atoms with Crippen LogP contribution in [0.5, 0.6) is 0 Å². The summed E-state index contributed by atoms with van der Waals surface area (Å²) in [4.78, 5) is 24.7. The Labute approximate surface area is 149 Å². The molecular weight excluding hydrogens is 328 g/mol. The van der Waals surface area contributed by atoms with Gasteiger partial charge in [0.1, 0.15) is 11.0 Å². The topological polar surface area (TPSA) is 88.0 Å². The van der Waals surface area contributed by atoms with Gasteiger partial charge >= 0.3 is 5.97 Å².